The van der Waals surface area contributed by atoms with Crippen LogP contribution in [0, 0.1) is 0 Å². The first-order valence-electron chi connectivity index (χ1n) is 25.6. The number of amides is 1. The molecule has 1 amide bonds. The normalized spacial score (nSPS) is 13.5. The first-order valence-corrected chi connectivity index (χ1v) is 25.6. The third kappa shape index (κ3) is 46.7. The zero-order chi connectivity index (χ0) is 42.8. The Hall–Kier alpha value is -2.17. The molecular weight excluding hydrogens is 723 g/mol. The second-order valence-electron chi connectivity index (χ2n) is 17.2. The summed E-state index contributed by atoms with van der Waals surface area (Å²) < 4.78 is 0. The topological polar surface area (TPSA) is 69.6 Å². The molecule has 0 saturated carbocycles. The lowest BCUT2D eigenvalue weighted by molar-refractivity contribution is -0.123. The highest BCUT2D eigenvalue weighted by atomic mass is 16.3. The Labute approximate surface area is 368 Å². The molecule has 0 aromatic carbocycles. The van der Waals surface area contributed by atoms with Crippen molar-refractivity contribution in [3.63, 3.8) is 0 Å². The average Bonchev–Trinajstić information content (AvgIpc) is 3.24. The third-order valence-electron chi connectivity index (χ3n) is 11.5. The van der Waals surface area contributed by atoms with Crippen LogP contribution in [0.3, 0.4) is 0 Å². The summed E-state index contributed by atoms with van der Waals surface area (Å²) in [6.07, 6.45) is 71.5. The van der Waals surface area contributed by atoms with E-state index < -0.39 is 12.1 Å². The van der Waals surface area contributed by atoms with E-state index in [2.05, 4.69) is 92.1 Å². The lowest BCUT2D eigenvalue weighted by Gasteiger charge is -2.22. The molecule has 0 rings (SSSR count). The van der Waals surface area contributed by atoms with Gasteiger partial charge in [0.05, 0.1) is 18.8 Å². The molecule has 0 aliphatic rings. The van der Waals surface area contributed by atoms with E-state index >= 15 is 0 Å². The van der Waals surface area contributed by atoms with E-state index in [9.17, 15) is 15.0 Å². The summed E-state index contributed by atoms with van der Waals surface area (Å²) >= 11 is 0. The molecule has 4 nitrogen and oxygen atoms in total. The molecule has 0 bridgehead atoms. The van der Waals surface area contributed by atoms with Crippen LogP contribution in [0.15, 0.2) is 72.9 Å². The zero-order valence-electron chi connectivity index (χ0n) is 39.3. The number of rotatable bonds is 46. The second-order valence-corrected chi connectivity index (χ2v) is 17.2. The van der Waals surface area contributed by atoms with Gasteiger partial charge >= 0.3 is 0 Å². The number of carbonyl (C=O) groups excluding carboxylic acids is 1. The SMILES string of the molecule is CC/C=C\C/C=C\C/C=C\C/C=C\C/C=C\C/C=C\CCCCCCC(=O)NC(CO)C(O)CCCCCCCCCCCCCCCCCCCCCCCCCC. The molecule has 0 radical (unpaired) electrons. The van der Waals surface area contributed by atoms with Crippen LogP contribution in [0.25, 0.3) is 0 Å². The van der Waals surface area contributed by atoms with E-state index in [4.69, 9.17) is 0 Å². The van der Waals surface area contributed by atoms with Gasteiger partial charge in [-0.25, -0.2) is 0 Å². The van der Waals surface area contributed by atoms with E-state index in [0.717, 1.165) is 83.5 Å². The Morgan fingerprint density at radius 3 is 1.12 bits per heavy atom. The van der Waals surface area contributed by atoms with Crippen LogP contribution in [0.1, 0.15) is 251 Å². The van der Waals surface area contributed by atoms with Crippen LogP contribution in [0.5, 0.6) is 0 Å². The Morgan fingerprint density at radius 2 is 0.746 bits per heavy atom. The van der Waals surface area contributed by atoms with Gasteiger partial charge in [-0.15, -0.1) is 0 Å². The maximum absolute atomic E-state index is 12.5. The fraction of sp³-hybridized carbons (Fsp3) is 0.764. The van der Waals surface area contributed by atoms with Crippen molar-refractivity contribution in [2.75, 3.05) is 6.61 Å². The molecule has 3 N–H and O–H groups in total. The fourth-order valence-corrected chi connectivity index (χ4v) is 7.60. The fourth-order valence-electron chi connectivity index (χ4n) is 7.60. The Bertz CT molecular complexity index is 1020. The van der Waals surface area contributed by atoms with E-state index in [1.54, 1.807) is 0 Å². The minimum absolute atomic E-state index is 0.0559. The summed E-state index contributed by atoms with van der Waals surface area (Å²) in [7, 11) is 0. The standard InChI is InChI=1S/C55H99NO3/c1-3-5-7-9-11-13-15-17-19-21-23-25-27-29-30-32-34-36-38-40-42-44-46-48-50-54(58)53(52-57)56-55(59)51-49-47-45-43-41-39-37-35-33-31-28-26-24-22-20-18-16-14-12-10-8-6-4-2/h6,8,12,14,18,20,24,26,31,33,37,39,53-54,57-58H,3-5,7,9-11,13,15-17,19,21-23,25,27-30,32,34-36,38,40-52H2,1-2H3,(H,56,59)/b8-6-,14-12-,20-18-,26-24-,33-31-,39-37-. The Morgan fingerprint density at radius 1 is 0.424 bits per heavy atom. The lowest BCUT2D eigenvalue weighted by Crippen LogP contribution is -2.45. The van der Waals surface area contributed by atoms with Gasteiger partial charge in [0.2, 0.25) is 5.91 Å². The van der Waals surface area contributed by atoms with Gasteiger partial charge in [-0.2, -0.15) is 0 Å². The summed E-state index contributed by atoms with van der Waals surface area (Å²) in [4.78, 5) is 12.5. The summed E-state index contributed by atoms with van der Waals surface area (Å²) in [5, 5.41) is 23.3. The van der Waals surface area contributed by atoms with Gasteiger partial charge in [0.25, 0.3) is 0 Å². The molecule has 0 heterocycles. The van der Waals surface area contributed by atoms with Crippen LogP contribution >= 0.6 is 0 Å². The van der Waals surface area contributed by atoms with Crippen molar-refractivity contribution in [3.05, 3.63) is 72.9 Å². The van der Waals surface area contributed by atoms with Gasteiger partial charge in [0.1, 0.15) is 0 Å². The number of aliphatic hydroxyl groups excluding tert-OH is 2. The van der Waals surface area contributed by atoms with Crippen molar-refractivity contribution in [3.8, 4) is 0 Å². The molecule has 2 atom stereocenters. The monoisotopic (exact) mass is 822 g/mol. The molecule has 0 saturated heterocycles. The van der Waals surface area contributed by atoms with Gasteiger partial charge in [-0.1, -0.05) is 254 Å². The highest BCUT2D eigenvalue weighted by Gasteiger charge is 2.20. The van der Waals surface area contributed by atoms with Crippen LogP contribution in [-0.2, 0) is 4.79 Å². The van der Waals surface area contributed by atoms with Crippen molar-refractivity contribution in [1.29, 1.82) is 0 Å². The highest BCUT2D eigenvalue weighted by Crippen LogP contribution is 2.17. The van der Waals surface area contributed by atoms with Gasteiger partial charge in [0, 0.05) is 6.42 Å². The van der Waals surface area contributed by atoms with Crippen molar-refractivity contribution in [1.82, 2.24) is 5.32 Å². The number of hydrogen-bond acceptors (Lipinski definition) is 3. The van der Waals surface area contributed by atoms with Crippen molar-refractivity contribution in [2.45, 2.75) is 264 Å². The largest absolute Gasteiger partial charge is 0.394 e. The number of nitrogens with one attached hydrogen (secondary N) is 1. The molecule has 59 heavy (non-hydrogen) atoms. The van der Waals surface area contributed by atoms with Crippen LogP contribution in [-0.4, -0.2) is 34.9 Å². The van der Waals surface area contributed by atoms with Gasteiger partial charge in [0.15, 0.2) is 0 Å². The molecule has 0 aromatic heterocycles. The molecular formula is C55H99NO3. The number of unbranched alkanes of at least 4 members (excludes halogenated alkanes) is 27. The highest BCUT2D eigenvalue weighted by molar-refractivity contribution is 5.76. The van der Waals surface area contributed by atoms with E-state index in [0.29, 0.717) is 12.8 Å². The zero-order valence-corrected chi connectivity index (χ0v) is 39.3. The minimum atomic E-state index is -0.676. The van der Waals surface area contributed by atoms with Crippen LogP contribution in [0.4, 0.5) is 0 Å². The molecule has 0 spiro atoms. The predicted octanol–water partition coefficient (Wildman–Crippen LogP) is 16.6. The van der Waals surface area contributed by atoms with Crippen LogP contribution in [0.2, 0.25) is 0 Å². The van der Waals surface area contributed by atoms with Crippen molar-refractivity contribution < 1.29 is 15.0 Å². The van der Waals surface area contributed by atoms with E-state index in [-0.39, 0.29) is 12.5 Å². The van der Waals surface area contributed by atoms with E-state index in [1.807, 2.05) is 0 Å². The molecule has 2 unspecified atom stereocenters. The number of carbonyl (C=O) groups is 1. The maximum atomic E-state index is 12.5. The summed E-state index contributed by atoms with van der Waals surface area (Å²) in [5.41, 5.74) is 0. The van der Waals surface area contributed by atoms with Gasteiger partial charge in [-0.05, 0) is 64.2 Å². The van der Waals surface area contributed by atoms with Gasteiger partial charge in [-0.3, -0.25) is 4.79 Å². The molecule has 4 heteroatoms. The smallest absolute Gasteiger partial charge is 0.220 e. The third-order valence-corrected chi connectivity index (χ3v) is 11.5. The first kappa shape index (κ1) is 56.8. The Balaban J connectivity index is 3.56. The quantitative estimate of drug-likeness (QED) is 0.0423. The Kier molecular flexibility index (Phi) is 48.3. The van der Waals surface area contributed by atoms with Gasteiger partial charge < -0.3 is 15.5 Å². The average molecular weight is 822 g/mol. The molecule has 342 valence electrons. The molecule has 0 aliphatic carbocycles. The lowest BCUT2D eigenvalue weighted by atomic mass is 10.0. The molecule has 0 fully saturated rings. The minimum Gasteiger partial charge on any atom is -0.394 e. The molecule has 0 aromatic rings. The summed E-state index contributed by atoms with van der Waals surface area (Å²) in [5.74, 6) is -0.0559. The second kappa shape index (κ2) is 50.2. The maximum Gasteiger partial charge on any atom is 0.220 e. The van der Waals surface area contributed by atoms with Crippen molar-refractivity contribution in [2.24, 2.45) is 0 Å². The van der Waals surface area contributed by atoms with E-state index in [1.165, 1.54) is 141 Å². The summed E-state index contributed by atoms with van der Waals surface area (Å²) in [6.45, 7) is 4.25. The number of hydrogen-bond donors (Lipinski definition) is 3. The number of aliphatic hydroxyl groups is 2. The predicted molar refractivity (Wildman–Crippen MR) is 262 cm³/mol. The number of allylic oxidation sites excluding steroid dienone is 12. The van der Waals surface area contributed by atoms with Crippen LogP contribution < -0.4 is 5.32 Å². The van der Waals surface area contributed by atoms with Crippen molar-refractivity contribution >= 4 is 5.91 Å². The first-order chi connectivity index (χ1) is 29.2. The summed E-state index contributed by atoms with van der Waals surface area (Å²) in [6, 6.07) is -0.555. The molecule has 0 aliphatic heterocycles.